The molecule has 150 valence electrons. The minimum Gasteiger partial charge on any atom is -0.481 e. The highest BCUT2D eigenvalue weighted by Crippen LogP contribution is 2.19. The van der Waals surface area contributed by atoms with Crippen LogP contribution in [0.25, 0.3) is 0 Å². The summed E-state index contributed by atoms with van der Waals surface area (Å²) in [6, 6.07) is 14.9. The molecule has 5 nitrogen and oxygen atoms in total. The first-order valence-electron chi connectivity index (χ1n) is 9.40. The van der Waals surface area contributed by atoms with Crippen molar-refractivity contribution in [3.05, 3.63) is 64.7 Å². The van der Waals surface area contributed by atoms with Gasteiger partial charge in [0.15, 0.2) is 6.10 Å². The van der Waals surface area contributed by atoms with Crippen molar-refractivity contribution in [1.29, 1.82) is 0 Å². The zero-order chi connectivity index (χ0) is 20.5. The fraction of sp³-hybridized carbons (Fsp3) is 0.364. The van der Waals surface area contributed by atoms with E-state index >= 15 is 0 Å². The summed E-state index contributed by atoms with van der Waals surface area (Å²) in [5.74, 6) is 0.777. The SMILES string of the molecule is CC(Oc1ccc(C(C)C)cc1)C(=O)NCCNC(=O)Cc1ccc(Cl)cc1. The lowest BCUT2D eigenvalue weighted by Crippen LogP contribution is -2.41. The Bertz CT molecular complexity index is 773. The van der Waals surface area contributed by atoms with Gasteiger partial charge in [-0.2, -0.15) is 0 Å². The number of hydrogen-bond acceptors (Lipinski definition) is 3. The number of hydrogen-bond donors (Lipinski definition) is 2. The molecule has 0 aliphatic heterocycles. The number of halogens is 1. The van der Waals surface area contributed by atoms with Gasteiger partial charge in [0, 0.05) is 18.1 Å². The fourth-order valence-corrected chi connectivity index (χ4v) is 2.70. The van der Waals surface area contributed by atoms with Crippen LogP contribution in [0.3, 0.4) is 0 Å². The molecular weight excluding hydrogens is 376 g/mol. The van der Waals surface area contributed by atoms with E-state index in [-0.39, 0.29) is 18.2 Å². The number of rotatable bonds is 9. The highest BCUT2D eigenvalue weighted by atomic mass is 35.5. The molecular formula is C22H27ClN2O3. The summed E-state index contributed by atoms with van der Waals surface area (Å²) in [6.07, 6.45) is -0.341. The van der Waals surface area contributed by atoms with E-state index in [0.29, 0.717) is 29.8 Å². The van der Waals surface area contributed by atoms with Gasteiger partial charge in [-0.05, 0) is 48.2 Å². The number of ether oxygens (including phenoxy) is 1. The molecule has 0 radical (unpaired) electrons. The Morgan fingerprint density at radius 3 is 2.14 bits per heavy atom. The van der Waals surface area contributed by atoms with Gasteiger partial charge in [-0.15, -0.1) is 0 Å². The summed E-state index contributed by atoms with van der Waals surface area (Å²) in [7, 11) is 0. The molecule has 0 fully saturated rings. The van der Waals surface area contributed by atoms with Gasteiger partial charge in [0.2, 0.25) is 5.91 Å². The monoisotopic (exact) mass is 402 g/mol. The molecule has 0 bridgehead atoms. The van der Waals surface area contributed by atoms with Crippen LogP contribution in [0.2, 0.25) is 5.02 Å². The van der Waals surface area contributed by atoms with E-state index in [1.165, 1.54) is 5.56 Å². The van der Waals surface area contributed by atoms with Crippen molar-refractivity contribution >= 4 is 23.4 Å². The van der Waals surface area contributed by atoms with Crippen LogP contribution in [0.4, 0.5) is 0 Å². The van der Waals surface area contributed by atoms with Crippen molar-refractivity contribution in [2.75, 3.05) is 13.1 Å². The van der Waals surface area contributed by atoms with Crippen LogP contribution >= 0.6 is 11.6 Å². The maximum absolute atomic E-state index is 12.1. The number of nitrogens with one attached hydrogen (secondary N) is 2. The molecule has 1 unspecified atom stereocenters. The Kier molecular flexibility index (Phi) is 8.33. The molecule has 2 amide bonds. The Labute approximate surface area is 171 Å². The van der Waals surface area contributed by atoms with Gasteiger partial charge in [0.05, 0.1) is 6.42 Å². The summed E-state index contributed by atoms with van der Waals surface area (Å²) < 4.78 is 5.67. The lowest BCUT2D eigenvalue weighted by molar-refractivity contribution is -0.127. The molecule has 1 atom stereocenters. The van der Waals surface area contributed by atoms with Gasteiger partial charge in [0.25, 0.3) is 5.91 Å². The summed E-state index contributed by atoms with van der Waals surface area (Å²) in [5.41, 5.74) is 2.11. The number of benzene rings is 2. The standard InChI is InChI=1S/C22H27ClN2O3/c1-15(2)18-6-10-20(11-7-18)28-16(3)22(27)25-13-12-24-21(26)14-17-4-8-19(23)9-5-17/h4-11,15-16H,12-14H2,1-3H3,(H,24,26)(H,25,27). The lowest BCUT2D eigenvalue weighted by atomic mass is 10.0. The molecule has 2 aromatic carbocycles. The van der Waals surface area contributed by atoms with E-state index in [0.717, 1.165) is 5.56 Å². The maximum atomic E-state index is 12.1. The van der Waals surface area contributed by atoms with Gasteiger partial charge < -0.3 is 15.4 Å². The van der Waals surface area contributed by atoms with Crippen molar-refractivity contribution in [1.82, 2.24) is 10.6 Å². The molecule has 0 aliphatic rings. The quantitative estimate of drug-likeness (QED) is 0.628. The van der Waals surface area contributed by atoms with Crippen LogP contribution in [0.15, 0.2) is 48.5 Å². The second kappa shape index (κ2) is 10.7. The summed E-state index contributed by atoms with van der Waals surface area (Å²) >= 11 is 5.83. The second-order valence-corrected chi connectivity index (χ2v) is 7.36. The predicted octanol–water partition coefficient (Wildman–Crippen LogP) is 3.71. The van der Waals surface area contributed by atoms with Crippen LogP contribution < -0.4 is 15.4 Å². The third kappa shape index (κ3) is 7.24. The van der Waals surface area contributed by atoms with Crippen LogP contribution in [0, 0.1) is 0 Å². The first-order chi connectivity index (χ1) is 13.3. The number of carbonyl (C=O) groups is 2. The largest absolute Gasteiger partial charge is 0.481 e. The minimum absolute atomic E-state index is 0.105. The maximum Gasteiger partial charge on any atom is 0.260 e. The third-order valence-corrected chi connectivity index (χ3v) is 4.51. The van der Waals surface area contributed by atoms with E-state index in [9.17, 15) is 9.59 Å². The van der Waals surface area contributed by atoms with E-state index in [1.54, 1.807) is 19.1 Å². The Morgan fingerprint density at radius 1 is 0.929 bits per heavy atom. The van der Waals surface area contributed by atoms with E-state index in [2.05, 4.69) is 24.5 Å². The Morgan fingerprint density at radius 2 is 1.54 bits per heavy atom. The summed E-state index contributed by atoms with van der Waals surface area (Å²) in [4.78, 5) is 24.0. The molecule has 0 aromatic heterocycles. The highest BCUT2D eigenvalue weighted by Gasteiger charge is 2.14. The average Bonchev–Trinajstić information content (AvgIpc) is 2.67. The van der Waals surface area contributed by atoms with Gasteiger partial charge >= 0.3 is 0 Å². The van der Waals surface area contributed by atoms with E-state index < -0.39 is 6.10 Å². The third-order valence-electron chi connectivity index (χ3n) is 4.25. The average molecular weight is 403 g/mol. The van der Waals surface area contributed by atoms with Crippen molar-refractivity contribution in [3.63, 3.8) is 0 Å². The molecule has 2 aromatic rings. The molecule has 0 spiro atoms. The van der Waals surface area contributed by atoms with Crippen LogP contribution in [0.5, 0.6) is 5.75 Å². The predicted molar refractivity (Wildman–Crippen MR) is 112 cm³/mol. The Hall–Kier alpha value is -2.53. The normalized spacial score (nSPS) is 11.8. The smallest absolute Gasteiger partial charge is 0.260 e. The Balaban J connectivity index is 1.67. The van der Waals surface area contributed by atoms with Gasteiger partial charge in [-0.1, -0.05) is 49.7 Å². The number of amides is 2. The molecule has 0 heterocycles. The van der Waals surface area contributed by atoms with Gasteiger partial charge in [-0.3, -0.25) is 9.59 Å². The highest BCUT2D eigenvalue weighted by molar-refractivity contribution is 6.30. The lowest BCUT2D eigenvalue weighted by Gasteiger charge is -2.15. The molecule has 0 aliphatic carbocycles. The van der Waals surface area contributed by atoms with Crippen molar-refractivity contribution in [2.45, 2.75) is 39.2 Å². The van der Waals surface area contributed by atoms with E-state index in [4.69, 9.17) is 16.3 Å². The fourth-order valence-electron chi connectivity index (χ4n) is 2.57. The van der Waals surface area contributed by atoms with Crippen LogP contribution in [-0.2, 0) is 16.0 Å². The molecule has 28 heavy (non-hydrogen) atoms. The van der Waals surface area contributed by atoms with Gasteiger partial charge in [-0.25, -0.2) is 0 Å². The first kappa shape index (κ1) is 21.8. The summed E-state index contributed by atoms with van der Waals surface area (Å²) in [6.45, 7) is 6.64. The zero-order valence-corrected chi connectivity index (χ0v) is 17.3. The number of carbonyl (C=O) groups excluding carboxylic acids is 2. The van der Waals surface area contributed by atoms with Crippen molar-refractivity contribution in [2.24, 2.45) is 0 Å². The summed E-state index contributed by atoms with van der Waals surface area (Å²) in [5, 5.41) is 6.18. The van der Waals surface area contributed by atoms with Crippen molar-refractivity contribution < 1.29 is 14.3 Å². The van der Waals surface area contributed by atoms with Crippen LogP contribution in [-0.4, -0.2) is 31.0 Å². The van der Waals surface area contributed by atoms with Crippen LogP contribution in [0.1, 0.15) is 37.8 Å². The molecule has 6 heteroatoms. The molecule has 2 N–H and O–H groups in total. The zero-order valence-electron chi connectivity index (χ0n) is 16.5. The molecule has 0 saturated heterocycles. The second-order valence-electron chi connectivity index (χ2n) is 6.93. The van der Waals surface area contributed by atoms with E-state index in [1.807, 2.05) is 36.4 Å². The van der Waals surface area contributed by atoms with Crippen molar-refractivity contribution in [3.8, 4) is 5.75 Å². The molecule has 0 saturated carbocycles. The first-order valence-corrected chi connectivity index (χ1v) is 9.78. The molecule has 2 rings (SSSR count). The minimum atomic E-state index is -0.616. The topological polar surface area (TPSA) is 67.4 Å². The van der Waals surface area contributed by atoms with Gasteiger partial charge in [0.1, 0.15) is 5.75 Å².